The van der Waals surface area contributed by atoms with Gasteiger partial charge in [-0.15, -0.1) is 23.2 Å². The Morgan fingerprint density at radius 1 is 1.20 bits per heavy atom. The second kappa shape index (κ2) is 4.51. The van der Waals surface area contributed by atoms with E-state index in [4.69, 9.17) is 23.2 Å². The second-order valence-corrected chi connectivity index (χ2v) is 8.16. The van der Waals surface area contributed by atoms with Gasteiger partial charge in [0.1, 0.15) is 3.61 Å². The first-order valence-electron chi connectivity index (χ1n) is 5.30. The molecule has 1 N–H and O–H groups in total. The fraction of sp³-hybridized carbons (Fsp3) is 1.00. The van der Waals surface area contributed by atoms with E-state index >= 15 is 0 Å². The fourth-order valence-electron chi connectivity index (χ4n) is 2.58. The molecule has 0 aromatic rings. The third-order valence-electron chi connectivity index (χ3n) is 3.56. The molecule has 0 heterocycles. The standard InChI is InChI=1S/C11H19Cl2IO/c1-6-5-10(3,4)9(13)7(2)11(14,15)8(6)12/h6-9,15H,5H2,1-4H3/t6-,7-,8-,9-,11+/m0/s1. The maximum Gasteiger partial charge on any atom is 0.136 e. The Labute approximate surface area is 116 Å². The van der Waals surface area contributed by atoms with Gasteiger partial charge in [0.05, 0.1) is 5.38 Å². The highest BCUT2D eigenvalue weighted by atomic mass is 127. The van der Waals surface area contributed by atoms with Crippen LogP contribution in [0, 0.1) is 17.3 Å². The van der Waals surface area contributed by atoms with Gasteiger partial charge in [-0.05, 0) is 40.3 Å². The van der Waals surface area contributed by atoms with Crippen molar-refractivity contribution in [3.05, 3.63) is 0 Å². The zero-order valence-electron chi connectivity index (χ0n) is 9.60. The molecule has 4 heteroatoms. The van der Waals surface area contributed by atoms with Crippen molar-refractivity contribution in [2.75, 3.05) is 0 Å². The molecule has 5 atom stereocenters. The Kier molecular flexibility index (Phi) is 4.30. The third kappa shape index (κ3) is 2.58. The first-order chi connectivity index (χ1) is 6.60. The van der Waals surface area contributed by atoms with E-state index in [0.29, 0.717) is 0 Å². The van der Waals surface area contributed by atoms with Crippen molar-refractivity contribution in [3.8, 4) is 0 Å². The summed E-state index contributed by atoms with van der Waals surface area (Å²) in [6, 6.07) is 0. The van der Waals surface area contributed by atoms with Gasteiger partial charge in [-0.1, -0.05) is 27.7 Å². The van der Waals surface area contributed by atoms with Crippen LogP contribution in [0.1, 0.15) is 34.1 Å². The van der Waals surface area contributed by atoms with Crippen LogP contribution < -0.4 is 0 Å². The van der Waals surface area contributed by atoms with Crippen LogP contribution in [0.25, 0.3) is 0 Å². The zero-order chi connectivity index (χ0) is 12.0. The van der Waals surface area contributed by atoms with Crippen LogP contribution in [-0.2, 0) is 0 Å². The SMILES string of the molecule is C[C@H]1CC(C)(C)[C@@H](Cl)[C@H](C)[C@](O)(I)[C@H]1Cl. The summed E-state index contributed by atoms with van der Waals surface area (Å²) in [5, 5.41) is 10.1. The molecule has 0 spiro atoms. The predicted octanol–water partition coefficient (Wildman–Crippen LogP) is 4.03. The Morgan fingerprint density at radius 3 is 2.13 bits per heavy atom. The lowest BCUT2D eigenvalue weighted by molar-refractivity contribution is 0.0826. The molecule has 0 saturated heterocycles. The van der Waals surface area contributed by atoms with Gasteiger partial charge >= 0.3 is 0 Å². The summed E-state index contributed by atoms with van der Waals surface area (Å²) in [7, 11) is 0. The molecule has 1 rings (SSSR count). The maximum absolute atomic E-state index is 10.4. The fourth-order valence-corrected chi connectivity index (χ4v) is 4.33. The minimum atomic E-state index is -0.918. The molecule has 0 unspecified atom stereocenters. The minimum absolute atomic E-state index is 0.0118. The molecule has 0 bridgehead atoms. The van der Waals surface area contributed by atoms with Crippen molar-refractivity contribution in [2.45, 2.75) is 48.5 Å². The summed E-state index contributed by atoms with van der Waals surface area (Å²) in [6.45, 7) is 8.38. The quantitative estimate of drug-likeness (QED) is 0.391. The summed E-state index contributed by atoms with van der Waals surface area (Å²) in [4.78, 5) is 0. The van der Waals surface area contributed by atoms with Gasteiger partial charge in [0.15, 0.2) is 0 Å². The lowest BCUT2D eigenvalue weighted by atomic mass is 9.79. The molecule has 1 fully saturated rings. The van der Waals surface area contributed by atoms with Crippen molar-refractivity contribution in [3.63, 3.8) is 0 Å². The maximum atomic E-state index is 10.4. The molecule has 0 amide bonds. The highest BCUT2D eigenvalue weighted by Gasteiger charge is 2.51. The largest absolute Gasteiger partial charge is 0.378 e. The third-order valence-corrected chi connectivity index (χ3v) is 7.31. The number of hydrogen-bond donors (Lipinski definition) is 1. The number of hydrogen-bond acceptors (Lipinski definition) is 1. The molecule has 0 aliphatic heterocycles. The van der Waals surface area contributed by atoms with E-state index in [1.165, 1.54) is 0 Å². The van der Waals surface area contributed by atoms with E-state index in [9.17, 15) is 5.11 Å². The van der Waals surface area contributed by atoms with Gasteiger partial charge < -0.3 is 5.11 Å². The van der Waals surface area contributed by atoms with E-state index in [2.05, 4.69) is 43.4 Å². The van der Waals surface area contributed by atoms with E-state index in [0.717, 1.165) is 6.42 Å². The first kappa shape index (κ1) is 14.3. The van der Waals surface area contributed by atoms with E-state index in [1.54, 1.807) is 0 Å². The summed E-state index contributed by atoms with van der Waals surface area (Å²) in [6.07, 6.45) is 0.949. The van der Waals surface area contributed by atoms with Crippen molar-refractivity contribution in [1.82, 2.24) is 0 Å². The molecule has 0 aromatic heterocycles. The van der Waals surface area contributed by atoms with Gasteiger partial charge in [0.25, 0.3) is 0 Å². The highest BCUT2D eigenvalue weighted by molar-refractivity contribution is 14.1. The van der Waals surface area contributed by atoms with E-state index < -0.39 is 3.61 Å². The lowest BCUT2D eigenvalue weighted by Gasteiger charge is -2.36. The van der Waals surface area contributed by atoms with Crippen molar-refractivity contribution in [2.24, 2.45) is 17.3 Å². The Morgan fingerprint density at radius 2 is 1.67 bits per heavy atom. The van der Waals surface area contributed by atoms with Gasteiger partial charge in [0, 0.05) is 11.3 Å². The van der Waals surface area contributed by atoms with Crippen LogP contribution in [0.5, 0.6) is 0 Å². The van der Waals surface area contributed by atoms with Crippen LogP contribution in [0.2, 0.25) is 0 Å². The molecule has 1 nitrogen and oxygen atoms in total. The lowest BCUT2D eigenvalue weighted by Crippen LogP contribution is -2.44. The Hall–Kier alpha value is 1.27. The molecule has 90 valence electrons. The van der Waals surface area contributed by atoms with Crippen molar-refractivity contribution < 1.29 is 5.11 Å². The average Bonchev–Trinajstić information content (AvgIpc) is 2.14. The molecule has 15 heavy (non-hydrogen) atoms. The van der Waals surface area contributed by atoms with Gasteiger partial charge in [-0.2, -0.15) is 0 Å². The zero-order valence-corrected chi connectivity index (χ0v) is 13.3. The van der Waals surface area contributed by atoms with E-state index in [-0.39, 0.29) is 28.0 Å². The molecule has 0 radical (unpaired) electrons. The van der Waals surface area contributed by atoms with Crippen LogP contribution in [0.3, 0.4) is 0 Å². The molecule has 1 saturated carbocycles. The van der Waals surface area contributed by atoms with E-state index in [1.807, 2.05) is 6.92 Å². The second-order valence-electron chi connectivity index (χ2n) is 5.49. The Bertz CT molecular complexity index is 243. The average molecular weight is 365 g/mol. The molecular weight excluding hydrogens is 346 g/mol. The van der Waals surface area contributed by atoms with Crippen molar-refractivity contribution >= 4 is 45.8 Å². The van der Waals surface area contributed by atoms with Crippen LogP contribution in [0.4, 0.5) is 0 Å². The summed E-state index contributed by atoms with van der Waals surface area (Å²) in [5.41, 5.74) is 0.0170. The van der Waals surface area contributed by atoms with Crippen LogP contribution >= 0.6 is 45.8 Å². The normalized spacial score (nSPS) is 51.2. The van der Waals surface area contributed by atoms with Gasteiger partial charge in [0.2, 0.25) is 0 Å². The topological polar surface area (TPSA) is 20.2 Å². The number of alkyl halides is 3. The summed E-state index contributed by atoms with van der Waals surface area (Å²) < 4.78 is -0.918. The number of aliphatic hydroxyl groups is 1. The van der Waals surface area contributed by atoms with Gasteiger partial charge in [-0.3, -0.25) is 0 Å². The van der Waals surface area contributed by atoms with Gasteiger partial charge in [-0.25, -0.2) is 0 Å². The van der Waals surface area contributed by atoms with Crippen molar-refractivity contribution in [1.29, 1.82) is 0 Å². The summed E-state index contributed by atoms with van der Waals surface area (Å²) >= 11 is 14.8. The predicted molar refractivity (Wildman–Crippen MR) is 75.0 cm³/mol. The Balaban J connectivity index is 3.09. The van der Waals surface area contributed by atoms with Crippen LogP contribution in [-0.4, -0.2) is 19.5 Å². The number of halogens is 3. The molecule has 1 aliphatic rings. The van der Waals surface area contributed by atoms with Crippen LogP contribution in [0.15, 0.2) is 0 Å². The smallest absolute Gasteiger partial charge is 0.136 e. The first-order valence-corrected chi connectivity index (χ1v) is 7.25. The monoisotopic (exact) mass is 364 g/mol. The minimum Gasteiger partial charge on any atom is -0.378 e. The molecular formula is C11H19Cl2IO. The summed E-state index contributed by atoms with van der Waals surface area (Å²) in [5.74, 6) is 0.261. The number of rotatable bonds is 0. The molecule has 0 aromatic carbocycles. The highest BCUT2D eigenvalue weighted by Crippen LogP contribution is 2.51. The molecule has 1 aliphatic carbocycles.